The molecule has 0 amide bonds. The van der Waals surface area contributed by atoms with E-state index < -0.39 is 6.18 Å². The lowest BCUT2D eigenvalue weighted by Gasteiger charge is -2.04. The Morgan fingerprint density at radius 1 is 0.750 bits per heavy atom. The van der Waals surface area contributed by atoms with Crippen LogP contribution in [-0.2, 0) is 0 Å². The number of benzene rings is 2. The maximum Gasteiger partial charge on any atom is 0.0348 e. The zero-order chi connectivity index (χ0) is 13.9. The average Bonchev–Trinajstić information content (AvgIpc) is 2.38. The van der Waals surface area contributed by atoms with Crippen LogP contribution in [0.4, 0.5) is 0 Å². The van der Waals surface area contributed by atoms with Gasteiger partial charge in [0.2, 0.25) is 0 Å². The van der Waals surface area contributed by atoms with Crippen molar-refractivity contribution < 1.29 is 4.11 Å². The maximum atomic E-state index is 7.23. The van der Waals surface area contributed by atoms with Gasteiger partial charge in [0.15, 0.2) is 0 Å². The van der Waals surface area contributed by atoms with Crippen molar-refractivity contribution in [1.29, 1.82) is 0 Å². The van der Waals surface area contributed by atoms with Crippen molar-refractivity contribution in [3.63, 3.8) is 0 Å². The molecule has 2 heteroatoms. The van der Waals surface area contributed by atoms with Gasteiger partial charge in [-0.1, -0.05) is 24.3 Å². The Labute approximate surface area is 110 Å². The monoisotopic (exact) mass is 249 g/mol. The zero-order valence-corrected chi connectivity index (χ0v) is 10.6. The van der Waals surface area contributed by atoms with E-state index in [9.17, 15) is 0 Å². The van der Waals surface area contributed by atoms with Crippen LogP contribution in [-0.4, -0.2) is 12.4 Å². The molecule has 0 bridgehead atoms. The molecule has 0 radical (unpaired) electrons. The SMILES string of the molecule is [2H]C([2H])([2H])Sc1ccc(-c2ccc(SC)cc2)cc1. The summed E-state index contributed by atoms with van der Waals surface area (Å²) in [6.07, 6.45) is 0.0668. The number of thioether (sulfide) groups is 2. The van der Waals surface area contributed by atoms with E-state index in [4.69, 9.17) is 4.11 Å². The van der Waals surface area contributed by atoms with Crippen LogP contribution in [0.15, 0.2) is 58.3 Å². The Hall–Kier alpha value is -0.860. The van der Waals surface area contributed by atoms with E-state index in [0.29, 0.717) is 0 Å². The molecule has 0 N–H and O–H groups in total. The first kappa shape index (κ1) is 8.26. The van der Waals surface area contributed by atoms with Gasteiger partial charge in [0.05, 0.1) is 0 Å². The molecule has 0 saturated heterocycles. The normalized spacial score (nSPS) is 13.9. The van der Waals surface area contributed by atoms with E-state index in [1.54, 1.807) is 11.8 Å². The van der Waals surface area contributed by atoms with E-state index in [-0.39, 0.29) is 0 Å². The highest BCUT2D eigenvalue weighted by Crippen LogP contribution is 2.25. The summed E-state index contributed by atoms with van der Waals surface area (Å²) in [6, 6.07) is 16.0. The molecule has 0 heterocycles. The third kappa shape index (κ3) is 2.63. The van der Waals surface area contributed by atoms with E-state index in [1.165, 1.54) is 4.90 Å². The standard InChI is InChI=1S/C14H14S2/c1-15-13-7-3-11(4-8-13)12-5-9-14(16-2)10-6-12/h3-10H,1-2H3/i1D3. The van der Waals surface area contributed by atoms with Crippen LogP contribution >= 0.6 is 23.5 Å². The van der Waals surface area contributed by atoms with Crippen LogP contribution in [0, 0.1) is 0 Å². The van der Waals surface area contributed by atoms with Gasteiger partial charge < -0.3 is 0 Å². The van der Waals surface area contributed by atoms with Gasteiger partial charge in [-0.15, -0.1) is 23.5 Å². The molecule has 0 saturated carbocycles. The van der Waals surface area contributed by atoms with Crippen molar-refractivity contribution in [2.24, 2.45) is 0 Å². The van der Waals surface area contributed by atoms with Gasteiger partial charge in [-0.3, -0.25) is 0 Å². The molecule has 0 unspecified atom stereocenters. The molecular weight excluding hydrogens is 232 g/mol. The largest absolute Gasteiger partial charge is 0.130 e. The van der Waals surface area contributed by atoms with Crippen LogP contribution in [0.5, 0.6) is 0 Å². The second-order valence-electron chi connectivity index (χ2n) is 3.35. The Kier molecular flexibility index (Phi) is 2.82. The van der Waals surface area contributed by atoms with Crippen molar-refractivity contribution in [3.05, 3.63) is 48.5 Å². The summed E-state index contributed by atoms with van der Waals surface area (Å²) in [5.41, 5.74) is 2.24. The fourth-order valence-electron chi connectivity index (χ4n) is 1.50. The molecule has 0 aliphatic heterocycles. The Balaban J connectivity index is 2.17. The summed E-state index contributed by atoms with van der Waals surface area (Å²) in [6.45, 7) is 0. The highest BCUT2D eigenvalue weighted by molar-refractivity contribution is 7.98. The second-order valence-corrected chi connectivity index (χ2v) is 4.91. The minimum absolute atomic E-state index is 0.768. The van der Waals surface area contributed by atoms with Crippen molar-refractivity contribution in [2.75, 3.05) is 12.4 Å². The van der Waals surface area contributed by atoms with Crippen molar-refractivity contribution >= 4 is 23.5 Å². The lowest BCUT2D eigenvalue weighted by molar-refractivity contribution is 1.43. The minimum atomic E-state index is -1.98. The predicted molar refractivity (Wildman–Crippen MR) is 75.4 cm³/mol. The van der Waals surface area contributed by atoms with Gasteiger partial charge in [-0.25, -0.2) is 0 Å². The minimum Gasteiger partial charge on any atom is -0.130 e. The summed E-state index contributed by atoms with van der Waals surface area (Å²) >= 11 is 2.62. The molecule has 2 aromatic rings. The van der Waals surface area contributed by atoms with E-state index in [0.717, 1.165) is 27.8 Å². The predicted octanol–water partition coefficient (Wildman–Crippen LogP) is 4.80. The quantitative estimate of drug-likeness (QED) is 0.717. The van der Waals surface area contributed by atoms with Gasteiger partial charge in [0.1, 0.15) is 0 Å². The van der Waals surface area contributed by atoms with E-state index >= 15 is 0 Å². The Bertz CT molecular complexity index is 530. The average molecular weight is 249 g/mol. The number of rotatable bonds is 3. The molecule has 82 valence electrons. The summed E-state index contributed by atoms with van der Waals surface area (Å²) in [5, 5.41) is 0. The maximum absolute atomic E-state index is 7.23. The van der Waals surface area contributed by atoms with E-state index in [1.807, 2.05) is 24.3 Å². The molecule has 0 aromatic heterocycles. The Morgan fingerprint density at radius 3 is 1.56 bits per heavy atom. The second kappa shape index (κ2) is 5.46. The Morgan fingerprint density at radius 2 is 1.19 bits per heavy atom. The summed E-state index contributed by atoms with van der Waals surface area (Å²) in [7, 11) is 0. The topological polar surface area (TPSA) is 0 Å². The first-order chi connectivity index (χ1) is 8.98. The molecule has 2 aromatic carbocycles. The van der Waals surface area contributed by atoms with Crippen LogP contribution in [0.2, 0.25) is 0 Å². The van der Waals surface area contributed by atoms with Gasteiger partial charge in [-0.05, 0) is 47.8 Å². The van der Waals surface area contributed by atoms with Gasteiger partial charge in [-0.2, -0.15) is 0 Å². The molecule has 0 atom stereocenters. The van der Waals surface area contributed by atoms with Crippen LogP contribution in [0.25, 0.3) is 11.1 Å². The summed E-state index contributed by atoms with van der Waals surface area (Å²) in [4.78, 5) is 2.00. The van der Waals surface area contributed by atoms with Gasteiger partial charge >= 0.3 is 0 Å². The lowest BCUT2D eigenvalue weighted by atomic mass is 10.1. The molecular formula is C14H14S2. The van der Waals surface area contributed by atoms with Crippen molar-refractivity contribution in [3.8, 4) is 11.1 Å². The fraction of sp³-hybridized carbons (Fsp3) is 0.143. The first-order valence-corrected chi connectivity index (χ1v) is 6.95. The molecule has 0 fully saturated rings. The van der Waals surface area contributed by atoms with Crippen molar-refractivity contribution in [2.45, 2.75) is 9.79 Å². The molecule has 0 aliphatic rings. The molecule has 0 nitrogen and oxygen atoms in total. The molecule has 2 rings (SSSR count). The van der Waals surface area contributed by atoms with Crippen LogP contribution < -0.4 is 0 Å². The third-order valence-electron chi connectivity index (χ3n) is 2.40. The van der Waals surface area contributed by atoms with Crippen LogP contribution in [0.1, 0.15) is 4.11 Å². The summed E-state index contributed by atoms with van der Waals surface area (Å²) < 4.78 is 21.7. The third-order valence-corrected chi connectivity index (χ3v) is 3.65. The first-order valence-electron chi connectivity index (χ1n) is 6.41. The van der Waals surface area contributed by atoms with Gasteiger partial charge in [0, 0.05) is 13.9 Å². The number of hydrogen-bond donors (Lipinski definition) is 0. The zero-order valence-electron chi connectivity index (χ0n) is 11.9. The highest BCUT2D eigenvalue weighted by atomic mass is 32.2. The lowest BCUT2D eigenvalue weighted by Crippen LogP contribution is -1.78. The molecule has 16 heavy (non-hydrogen) atoms. The van der Waals surface area contributed by atoms with Gasteiger partial charge in [0.25, 0.3) is 0 Å². The molecule has 0 spiro atoms. The van der Waals surface area contributed by atoms with Crippen LogP contribution in [0.3, 0.4) is 0 Å². The smallest absolute Gasteiger partial charge is 0.0348 e. The van der Waals surface area contributed by atoms with E-state index in [2.05, 4.69) is 30.5 Å². The molecule has 0 aliphatic carbocycles. The number of hydrogen-bond acceptors (Lipinski definition) is 2. The van der Waals surface area contributed by atoms with Crippen molar-refractivity contribution in [1.82, 2.24) is 0 Å². The highest BCUT2D eigenvalue weighted by Gasteiger charge is 1.98. The fourth-order valence-corrected chi connectivity index (χ4v) is 2.18. The summed E-state index contributed by atoms with van der Waals surface area (Å²) in [5.74, 6) is 0.